The summed E-state index contributed by atoms with van der Waals surface area (Å²) in [5.41, 5.74) is 4.90. The number of nitrogens with zero attached hydrogens (tertiary/aromatic N) is 3. The Labute approximate surface area is 132 Å². The number of aromatic nitrogens is 2. The number of nitrogens with one attached hydrogen (secondary N) is 1. The van der Waals surface area contributed by atoms with Gasteiger partial charge < -0.3 is 0 Å². The maximum absolute atomic E-state index is 13.7. The van der Waals surface area contributed by atoms with Gasteiger partial charge in [-0.3, -0.25) is 9.20 Å². The molecule has 0 aliphatic heterocycles. The molecule has 1 amide bonds. The highest BCUT2D eigenvalue weighted by Gasteiger charge is 2.16. The highest BCUT2D eigenvalue weighted by Crippen LogP contribution is 2.12. The van der Waals surface area contributed by atoms with E-state index in [0.29, 0.717) is 28.3 Å². The summed E-state index contributed by atoms with van der Waals surface area (Å²) in [6.07, 6.45) is 1.76. The summed E-state index contributed by atoms with van der Waals surface area (Å²) in [6.45, 7) is 3.40. The summed E-state index contributed by atoms with van der Waals surface area (Å²) in [6, 6.07) is 11.8. The maximum atomic E-state index is 13.7. The van der Waals surface area contributed by atoms with Gasteiger partial charge in [0.15, 0.2) is 0 Å². The van der Waals surface area contributed by atoms with Crippen LogP contribution in [0.25, 0.3) is 5.65 Å². The van der Waals surface area contributed by atoms with E-state index < -0.39 is 5.91 Å². The van der Waals surface area contributed by atoms with Crippen molar-refractivity contribution in [3.8, 4) is 0 Å². The largest absolute Gasteiger partial charge is 0.295 e. The topological polar surface area (TPSA) is 58.8 Å². The number of hydrogen-bond acceptors (Lipinski definition) is 3. The molecular weight excluding hydrogens is 295 g/mol. The number of halogens is 1. The van der Waals surface area contributed by atoms with Gasteiger partial charge in [-0.1, -0.05) is 24.3 Å². The fraction of sp³-hybridized carbons (Fsp3) is 0.118. The second-order valence-electron chi connectivity index (χ2n) is 5.09. The fourth-order valence-electron chi connectivity index (χ4n) is 2.39. The first kappa shape index (κ1) is 14.9. The molecule has 1 aromatic carbocycles. The van der Waals surface area contributed by atoms with Crippen LogP contribution in [0.1, 0.15) is 28.7 Å². The number of fused-ring (bicyclic) bond motifs is 1. The molecule has 6 heteroatoms. The van der Waals surface area contributed by atoms with Crippen LogP contribution in [0.4, 0.5) is 4.39 Å². The molecule has 0 atom stereocenters. The Bertz CT molecular complexity index is 914. The summed E-state index contributed by atoms with van der Waals surface area (Å²) in [7, 11) is 0. The van der Waals surface area contributed by atoms with Gasteiger partial charge in [-0.25, -0.2) is 14.8 Å². The smallest absolute Gasteiger partial charge is 0.290 e. The van der Waals surface area contributed by atoms with Crippen LogP contribution in [0.5, 0.6) is 0 Å². The lowest BCUT2D eigenvalue weighted by molar-refractivity contribution is 0.0948. The van der Waals surface area contributed by atoms with Gasteiger partial charge in [-0.15, -0.1) is 0 Å². The third-order valence-corrected chi connectivity index (χ3v) is 3.51. The number of rotatable bonds is 3. The highest BCUT2D eigenvalue weighted by atomic mass is 19.1. The summed E-state index contributed by atoms with van der Waals surface area (Å²) in [5.74, 6) is -0.772. The molecule has 0 bridgehead atoms. The zero-order valence-corrected chi connectivity index (χ0v) is 12.7. The second kappa shape index (κ2) is 6.00. The quantitative estimate of drug-likeness (QED) is 0.597. The molecule has 23 heavy (non-hydrogen) atoms. The molecule has 3 aromatic rings. The summed E-state index contributed by atoms with van der Waals surface area (Å²) in [4.78, 5) is 16.7. The predicted octanol–water partition coefficient (Wildman–Crippen LogP) is 2.94. The van der Waals surface area contributed by atoms with Crippen LogP contribution >= 0.6 is 0 Å². The van der Waals surface area contributed by atoms with Gasteiger partial charge >= 0.3 is 0 Å². The van der Waals surface area contributed by atoms with Crippen molar-refractivity contribution in [2.24, 2.45) is 5.10 Å². The number of pyridine rings is 1. The first-order valence-corrected chi connectivity index (χ1v) is 7.11. The van der Waals surface area contributed by atoms with Gasteiger partial charge in [-0.2, -0.15) is 5.10 Å². The predicted molar refractivity (Wildman–Crippen MR) is 86.0 cm³/mol. The van der Waals surface area contributed by atoms with Crippen LogP contribution in [0.2, 0.25) is 0 Å². The first-order valence-electron chi connectivity index (χ1n) is 7.11. The highest BCUT2D eigenvalue weighted by molar-refractivity contribution is 6.01. The third kappa shape index (κ3) is 2.83. The van der Waals surface area contributed by atoms with Gasteiger partial charge in [0.1, 0.15) is 17.2 Å². The van der Waals surface area contributed by atoms with Crippen molar-refractivity contribution in [2.45, 2.75) is 13.8 Å². The van der Waals surface area contributed by atoms with Gasteiger partial charge in [-0.05, 0) is 32.0 Å². The Hall–Kier alpha value is -3.02. The number of aryl methyl sites for hydroxylation is 1. The van der Waals surface area contributed by atoms with Crippen molar-refractivity contribution < 1.29 is 9.18 Å². The molecule has 3 rings (SSSR count). The normalized spacial score (nSPS) is 11.7. The Morgan fingerprint density at radius 2 is 1.96 bits per heavy atom. The Morgan fingerprint density at radius 1 is 1.22 bits per heavy atom. The molecule has 0 saturated carbocycles. The fourth-order valence-corrected chi connectivity index (χ4v) is 2.39. The average Bonchev–Trinajstić information content (AvgIpc) is 2.88. The number of imidazole rings is 1. The van der Waals surface area contributed by atoms with Crippen LogP contribution in [0, 0.1) is 12.7 Å². The average molecular weight is 310 g/mol. The molecular formula is C17H15FN4O. The van der Waals surface area contributed by atoms with Gasteiger partial charge in [0.05, 0.1) is 11.4 Å². The van der Waals surface area contributed by atoms with E-state index in [2.05, 4.69) is 15.5 Å². The van der Waals surface area contributed by atoms with Crippen molar-refractivity contribution in [2.75, 3.05) is 0 Å². The minimum Gasteiger partial charge on any atom is -0.295 e. The van der Waals surface area contributed by atoms with Crippen LogP contribution < -0.4 is 5.43 Å². The number of amides is 1. The van der Waals surface area contributed by atoms with E-state index >= 15 is 0 Å². The van der Waals surface area contributed by atoms with E-state index in [1.807, 2.05) is 18.2 Å². The molecule has 2 aromatic heterocycles. The summed E-state index contributed by atoms with van der Waals surface area (Å²) < 4.78 is 15.4. The lowest BCUT2D eigenvalue weighted by Gasteiger charge is -2.04. The Balaban J connectivity index is 1.88. The van der Waals surface area contributed by atoms with Crippen LogP contribution in [0.15, 0.2) is 53.8 Å². The summed E-state index contributed by atoms with van der Waals surface area (Å²) >= 11 is 0. The number of hydrazone groups is 1. The molecule has 2 heterocycles. The van der Waals surface area contributed by atoms with E-state index in [-0.39, 0.29) is 5.82 Å². The van der Waals surface area contributed by atoms with Gasteiger partial charge in [0.2, 0.25) is 0 Å². The monoisotopic (exact) mass is 310 g/mol. The molecule has 0 radical (unpaired) electrons. The maximum Gasteiger partial charge on any atom is 0.290 e. The SMILES string of the molecule is CC(=NNC(=O)c1c(C)nc2ccccn12)c1ccccc1F. The van der Waals surface area contributed by atoms with Crippen LogP contribution in [0.3, 0.4) is 0 Å². The zero-order chi connectivity index (χ0) is 16.4. The van der Waals surface area contributed by atoms with Crippen molar-refractivity contribution in [1.82, 2.24) is 14.8 Å². The van der Waals surface area contributed by atoms with Crippen molar-refractivity contribution in [1.29, 1.82) is 0 Å². The Morgan fingerprint density at radius 3 is 2.74 bits per heavy atom. The van der Waals surface area contributed by atoms with E-state index in [1.54, 1.807) is 42.6 Å². The summed E-state index contributed by atoms with van der Waals surface area (Å²) in [5, 5.41) is 4.00. The molecule has 0 unspecified atom stereocenters. The molecule has 0 saturated heterocycles. The lowest BCUT2D eigenvalue weighted by atomic mass is 10.1. The van der Waals surface area contributed by atoms with Gasteiger partial charge in [0, 0.05) is 11.8 Å². The number of carbonyl (C=O) groups excluding carboxylic acids is 1. The molecule has 5 nitrogen and oxygen atoms in total. The van der Waals surface area contributed by atoms with Gasteiger partial charge in [0.25, 0.3) is 5.91 Å². The van der Waals surface area contributed by atoms with Crippen molar-refractivity contribution >= 4 is 17.3 Å². The van der Waals surface area contributed by atoms with Crippen LogP contribution in [-0.2, 0) is 0 Å². The van der Waals surface area contributed by atoms with E-state index in [0.717, 1.165) is 0 Å². The molecule has 0 spiro atoms. The minimum atomic E-state index is -0.392. The van der Waals surface area contributed by atoms with Crippen molar-refractivity contribution in [3.05, 3.63) is 71.4 Å². The van der Waals surface area contributed by atoms with E-state index in [9.17, 15) is 9.18 Å². The molecule has 1 N–H and O–H groups in total. The molecule has 0 aliphatic rings. The molecule has 0 fully saturated rings. The number of benzene rings is 1. The first-order chi connectivity index (χ1) is 11.1. The minimum absolute atomic E-state index is 0.350. The third-order valence-electron chi connectivity index (χ3n) is 3.51. The van der Waals surface area contributed by atoms with E-state index in [4.69, 9.17) is 0 Å². The van der Waals surface area contributed by atoms with Crippen LogP contribution in [-0.4, -0.2) is 21.0 Å². The standard InChI is InChI=1S/C17H15FN4O/c1-11(13-7-3-4-8-14(13)18)20-21-17(23)16-12(2)19-15-9-5-6-10-22(15)16/h3-10H,1-2H3,(H,21,23). The second-order valence-corrected chi connectivity index (χ2v) is 5.09. The number of hydrogen-bond donors (Lipinski definition) is 1. The Kier molecular flexibility index (Phi) is 3.89. The molecule has 0 aliphatic carbocycles. The zero-order valence-electron chi connectivity index (χ0n) is 12.7. The lowest BCUT2D eigenvalue weighted by Crippen LogP contribution is -2.22. The number of carbonyl (C=O) groups is 1. The molecule has 116 valence electrons. The van der Waals surface area contributed by atoms with Crippen molar-refractivity contribution in [3.63, 3.8) is 0 Å². The van der Waals surface area contributed by atoms with E-state index in [1.165, 1.54) is 6.07 Å².